The third kappa shape index (κ3) is 4.71. The Labute approximate surface area is 161 Å². The fraction of sp³-hybridized carbons (Fsp3) is 0.333. The molecule has 0 unspecified atom stereocenters. The van der Waals surface area contributed by atoms with Crippen LogP contribution in [0.25, 0.3) is 0 Å². The minimum absolute atomic E-state index is 0.113. The van der Waals surface area contributed by atoms with Crippen molar-refractivity contribution in [2.45, 2.75) is 38.4 Å². The van der Waals surface area contributed by atoms with Crippen LogP contribution >= 0.6 is 0 Å². The Kier molecular flexibility index (Phi) is 5.72. The van der Waals surface area contributed by atoms with Gasteiger partial charge in [0.05, 0.1) is 11.6 Å². The Morgan fingerprint density at radius 1 is 1.21 bits per heavy atom. The van der Waals surface area contributed by atoms with Gasteiger partial charge in [0.25, 0.3) is 0 Å². The topological polar surface area (TPSA) is 58.2 Å². The molecule has 0 saturated heterocycles. The molecule has 2 aromatic rings. The van der Waals surface area contributed by atoms with Crippen molar-refractivity contribution >= 4 is 17.5 Å². The molecular weight excluding hydrogens is 369 g/mol. The summed E-state index contributed by atoms with van der Waals surface area (Å²) >= 11 is 0. The number of hydrogen-bond donors (Lipinski definition) is 2. The molecule has 0 saturated carbocycles. The van der Waals surface area contributed by atoms with Crippen molar-refractivity contribution in [3.8, 4) is 0 Å². The Morgan fingerprint density at radius 2 is 1.96 bits per heavy atom. The lowest BCUT2D eigenvalue weighted by Crippen LogP contribution is -2.32. The molecule has 7 heteroatoms. The van der Waals surface area contributed by atoms with Gasteiger partial charge in [-0.25, -0.2) is 0 Å². The Hall–Kier alpha value is -2.83. The van der Waals surface area contributed by atoms with Gasteiger partial charge in [-0.15, -0.1) is 0 Å². The number of carbonyl (C=O) groups is 2. The maximum atomic E-state index is 12.8. The van der Waals surface area contributed by atoms with Crippen molar-refractivity contribution in [2.24, 2.45) is 5.92 Å². The quantitative estimate of drug-likeness (QED) is 0.791. The first-order valence-corrected chi connectivity index (χ1v) is 9.09. The number of nitrogens with one attached hydrogen (secondary N) is 2. The first-order valence-electron chi connectivity index (χ1n) is 9.09. The van der Waals surface area contributed by atoms with Gasteiger partial charge < -0.3 is 10.6 Å². The second-order valence-electron chi connectivity index (χ2n) is 7.00. The van der Waals surface area contributed by atoms with E-state index >= 15 is 0 Å². The molecule has 1 aliphatic rings. The van der Waals surface area contributed by atoms with Crippen molar-refractivity contribution in [3.63, 3.8) is 0 Å². The van der Waals surface area contributed by atoms with Gasteiger partial charge in [-0.05, 0) is 49.1 Å². The number of halogens is 3. The number of benzene rings is 2. The minimum Gasteiger partial charge on any atom is -0.350 e. The third-order valence-corrected chi connectivity index (χ3v) is 4.92. The molecule has 1 aliphatic heterocycles. The molecule has 0 aromatic heterocycles. The fourth-order valence-electron chi connectivity index (χ4n) is 3.33. The lowest BCUT2D eigenvalue weighted by Gasteiger charge is -2.24. The Morgan fingerprint density at radius 3 is 2.71 bits per heavy atom. The standard InChI is InChI=1S/C21H21F3N2O2/c1-13(14-6-4-7-17(12-14)21(22,23)24)25-19(27)10-9-16-11-15-5-2-3-8-18(15)26-20(16)28/h2-8,12-13,16H,9-11H2,1H3,(H,25,27)(H,26,28)/t13-,16+/m0/s1. The van der Waals surface area contributed by atoms with E-state index in [-0.39, 0.29) is 24.2 Å². The highest BCUT2D eigenvalue weighted by Crippen LogP contribution is 2.31. The van der Waals surface area contributed by atoms with E-state index in [0.717, 1.165) is 23.4 Å². The number of para-hydroxylation sites is 1. The second kappa shape index (κ2) is 8.04. The molecule has 2 aromatic carbocycles. The largest absolute Gasteiger partial charge is 0.416 e. The fourth-order valence-corrected chi connectivity index (χ4v) is 3.33. The molecule has 0 aliphatic carbocycles. The molecule has 0 bridgehead atoms. The van der Waals surface area contributed by atoms with Crippen LogP contribution < -0.4 is 10.6 Å². The van der Waals surface area contributed by atoms with E-state index in [1.54, 1.807) is 13.0 Å². The normalized spacial score (nSPS) is 17.4. The molecule has 0 fully saturated rings. The summed E-state index contributed by atoms with van der Waals surface area (Å²) in [5.74, 6) is -0.710. The molecule has 2 amide bonds. The van der Waals surface area contributed by atoms with Crippen LogP contribution in [-0.2, 0) is 22.2 Å². The number of amides is 2. The highest BCUT2D eigenvalue weighted by Gasteiger charge is 2.31. The number of anilines is 1. The van der Waals surface area contributed by atoms with Crippen LogP contribution in [0, 0.1) is 5.92 Å². The molecular formula is C21H21F3N2O2. The zero-order chi connectivity index (χ0) is 20.3. The van der Waals surface area contributed by atoms with E-state index in [9.17, 15) is 22.8 Å². The molecule has 1 heterocycles. The molecule has 0 spiro atoms. The molecule has 3 rings (SSSR count). The highest BCUT2D eigenvalue weighted by atomic mass is 19.4. The van der Waals surface area contributed by atoms with E-state index < -0.39 is 17.8 Å². The zero-order valence-electron chi connectivity index (χ0n) is 15.3. The van der Waals surface area contributed by atoms with Gasteiger partial charge in [0, 0.05) is 18.0 Å². The van der Waals surface area contributed by atoms with Crippen LogP contribution in [0.15, 0.2) is 48.5 Å². The van der Waals surface area contributed by atoms with Gasteiger partial charge in [-0.3, -0.25) is 9.59 Å². The second-order valence-corrected chi connectivity index (χ2v) is 7.00. The first kappa shape index (κ1) is 19.9. The Bertz CT molecular complexity index is 880. The molecule has 4 nitrogen and oxygen atoms in total. The number of alkyl halides is 3. The zero-order valence-corrected chi connectivity index (χ0v) is 15.3. The summed E-state index contributed by atoms with van der Waals surface area (Å²) in [6.45, 7) is 1.64. The first-order chi connectivity index (χ1) is 13.2. The van der Waals surface area contributed by atoms with Crippen molar-refractivity contribution in [3.05, 3.63) is 65.2 Å². The van der Waals surface area contributed by atoms with Crippen LogP contribution in [0.1, 0.15) is 42.5 Å². The predicted octanol–water partition coefficient (Wildman–Crippen LogP) is 4.47. The summed E-state index contributed by atoms with van der Waals surface area (Å²) in [5.41, 5.74) is 1.47. The number of carbonyl (C=O) groups excluding carboxylic acids is 2. The van der Waals surface area contributed by atoms with E-state index in [1.807, 2.05) is 24.3 Å². The van der Waals surface area contributed by atoms with Crippen LogP contribution in [-0.4, -0.2) is 11.8 Å². The van der Waals surface area contributed by atoms with Crippen LogP contribution in [0.2, 0.25) is 0 Å². The van der Waals surface area contributed by atoms with Crippen LogP contribution in [0.4, 0.5) is 18.9 Å². The van der Waals surface area contributed by atoms with E-state index in [1.165, 1.54) is 6.07 Å². The molecule has 28 heavy (non-hydrogen) atoms. The van der Waals surface area contributed by atoms with Gasteiger partial charge in [0.2, 0.25) is 11.8 Å². The SMILES string of the molecule is C[C@H](NC(=O)CC[C@@H]1Cc2ccccc2NC1=O)c1cccc(C(F)(F)F)c1. The number of hydrogen-bond acceptors (Lipinski definition) is 2. The summed E-state index contributed by atoms with van der Waals surface area (Å²) in [7, 11) is 0. The average Bonchev–Trinajstić information content (AvgIpc) is 2.65. The van der Waals surface area contributed by atoms with Crippen LogP contribution in [0.5, 0.6) is 0 Å². The summed E-state index contributed by atoms with van der Waals surface area (Å²) in [6.07, 6.45) is -3.35. The van der Waals surface area contributed by atoms with Crippen molar-refractivity contribution in [1.82, 2.24) is 5.32 Å². The highest BCUT2D eigenvalue weighted by molar-refractivity contribution is 5.96. The summed E-state index contributed by atoms with van der Waals surface area (Å²) < 4.78 is 38.5. The number of rotatable bonds is 5. The number of fused-ring (bicyclic) bond motifs is 1. The van der Waals surface area contributed by atoms with Gasteiger partial charge in [0.15, 0.2) is 0 Å². The third-order valence-electron chi connectivity index (χ3n) is 4.92. The summed E-state index contributed by atoms with van der Waals surface area (Å²) in [5, 5.41) is 5.55. The molecule has 2 N–H and O–H groups in total. The van der Waals surface area contributed by atoms with Crippen molar-refractivity contribution < 1.29 is 22.8 Å². The molecule has 2 atom stereocenters. The van der Waals surface area contributed by atoms with Gasteiger partial charge in [0.1, 0.15) is 0 Å². The summed E-state index contributed by atoms with van der Waals surface area (Å²) in [6, 6.07) is 11.9. The van der Waals surface area contributed by atoms with Gasteiger partial charge >= 0.3 is 6.18 Å². The molecule has 148 valence electrons. The van der Waals surface area contributed by atoms with Gasteiger partial charge in [-0.1, -0.05) is 30.3 Å². The monoisotopic (exact) mass is 390 g/mol. The Balaban J connectivity index is 1.55. The molecule has 0 radical (unpaired) electrons. The average molecular weight is 390 g/mol. The predicted molar refractivity (Wildman–Crippen MR) is 99.5 cm³/mol. The van der Waals surface area contributed by atoms with E-state index in [2.05, 4.69) is 10.6 Å². The maximum absolute atomic E-state index is 12.8. The van der Waals surface area contributed by atoms with E-state index in [0.29, 0.717) is 18.4 Å². The lowest BCUT2D eigenvalue weighted by molar-refractivity contribution is -0.137. The minimum atomic E-state index is -4.43. The van der Waals surface area contributed by atoms with Crippen molar-refractivity contribution in [1.29, 1.82) is 0 Å². The van der Waals surface area contributed by atoms with Crippen molar-refractivity contribution in [2.75, 3.05) is 5.32 Å². The van der Waals surface area contributed by atoms with Crippen LogP contribution in [0.3, 0.4) is 0 Å². The van der Waals surface area contributed by atoms with E-state index in [4.69, 9.17) is 0 Å². The smallest absolute Gasteiger partial charge is 0.350 e. The summed E-state index contributed by atoms with van der Waals surface area (Å²) in [4.78, 5) is 24.4. The maximum Gasteiger partial charge on any atom is 0.416 e. The lowest BCUT2D eigenvalue weighted by atomic mass is 9.89. The van der Waals surface area contributed by atoms with Gasteiger partial charge in [-0.2, -0.15) is 13.2 Å².